The van der Waals surface area contributed by atoms with Crippen molar-refractivity contribution in [2.75, 3.05) is 0 Å². The molecular formula is C24H22N2O2S. The smallest absolute Gasteiger partial charge is 0.241 e. The van der Waals surface area contributed by atoms with Gasteiger partial charge in [-0.1, -0.05) is 97.1 Å². The summed E-state index contributed by atoms with van der Waals surface area (Å²) in [5.74, 6) is 0. The molecule has 0 heterocycles. The van der Waals surface area contributed by atoms with E-state index in [9.17, 15) is 8.42 Å². The van der Waals surface area contributed by atoms with Gasteiger partial charge in [-0.15, -0.1) is 0 Å². The van der Waals surface area contributed by atoms with Crippen LogP contribution in [0, 0.1) is 0 Å². The Morgan fingerprint density at radius 1 is 0.655 bits per heavy atom. The predicted molar refractivity (Wildman–Crippen MR) is 117 cm³/mol. The summed E-state index contributed by atoms with van der Waals surface area (Å²) >= 11 is 0. The summed E-state index contributed by atoms with van der Waals surface area (Å²) < 4.78 is 29.7. The van der Waals surface area contributed by atoms with Crippen LogP contribution >= 0.6 is 0 Å². The zero-order valence-electron chi connectivity index (χ0n) is 15.8. The van der Waals surface area contributed by atoms with Crippen LogP contribution in [0.4, 0.5) is 0 Å². The van der Waals surface area contributed by atoms with Crippen molar-refractivity contribution in [2.45, 2.75) is 17.0 Å². The molecule has 0 aliphatic rings. The summed E-state index contributed by atoms with van der Waals surface area (Å²) in [6.45, 7) is 0. The fraction of sp³-hybridized carbons (Fsp3) is 0.0833. The van der Waals surface area contributed by atoms with Crippen molar-refractivity contribution in [1.29, 1.82) is 0 Å². The minimum atomic E-state index is -3.82. The third-order valence-electron chi connectivity index (χ3n) is 5.02. The van der Waals surface area contributed by atoms with E-state index in [1.165, 1.54) is 0 Å². The normalized spacial score (nSPS) is 13.8. The van der Waals surface area contributed by atoms with Crippen LogP contribution in [-0.2, 0) is 10.0 Å². The van der Waals surface area contributed by atoms with E-state index in [-0.39, 0.29) is 4.90 Å². The first-order valence-corrected chi connectivity index (χ1v) is 10.9. The average molecular weight is 403 g/mol. The van der Waals surface area contributed by atoms with Crippen LogP contribution < -0.4 is 10.5 Å². The maximum Gasteiger partial charge on any atom is 0.241 e. The highest BCUT2D eigenvalue weighted by Gasteiger charge is 2.28. The van der Waals surface area contributed by atoms with Gasteiger partial charge in [-0.2, -0.15) is 0 Å². The molecule has 4 aromatic carbocycles. The molecule has 0 aliphatic heterocycles. The van der Waals surface area contributed by atoms with Crippen molar-refractivity contribution in [3.63, 3.8) is 0 Å². The SMILES string of the molecule is NC(c1ccccc1)C(NS(=O)(=O)c1cccc2ccccc12)c1ccccc1. The molecule has 2 unspecified atom stereocenters. The molecule has 0 aliphatic carbocycles. The van der Waals surface area contributed by atoms with Gasteiger partial charge in [0.1, 0.15) is 0 Å². The van der Waals surface area contributed by atoms with Crippen molar-refractivity contribution in [2.24, 2.45) is 5.73 Å². The molecule has 4 nitrogen and oxygen atoms in total. The molecule has 4 rings (SSSR count). The van der Waals surface area contributed by atoms with E-state index in [4.69, 9.17) is 5.73 Å². The number of hydrogen-bond donors (Lipinski definition) is 2. The monoisotopic (exact) mass is 402 g/mol. The van der Waals surface area contributed by atoms with Gasteiger partial charge in [-0.3, -0.25) is 0 Å². The first-order valence-electron chi connectivity index (χ1n) is 9.42. The van der Waals surface area contributed by atoms with E-state index in [0.717, 1.165) is 16.5 Å². The van der Waals surface area contributed by atoms with Gasteiger partial charge in [0, 0.05) is 5.39 Å². The van der Waals surface area contributed by atoms with Crippen LogP contribution in [0.3, 0.4) is 0 Å². The number of fused-ring (bicyclic) bond motifs is 1. The van der Waals surface area contributed by atoms with Crippen LogP contribution in [0.5, 0.6) is 0 Å². The molecule has 0 saturated carbocycles. The molecule has 5 heteroatoms. The first kappa shape index (κ1) is 19.3. The van der Waals surface area contributed by atoms with Gasteiger partial charge in [-0.05, 0) is 22.6 Å². The van der Waals surface area contributed by atoms with E-state index in [0.29, 0.717) is 5.39 Å². The Morgan fingerprint density at radius 3 is 1.90 bits per heavy atom. The average Bonchev–Trinajstić information content (AvgIpc) is 2.78. The summed E-state index contributed by atoms with van der Waals surface area (Å²) in [6.07, 6.45) is 0. The van der Waals surface area contributed by atoms with Gasteiger partial charge in [0.2, 0.25) is 10.0 Å². The number of nitrogens with one attached hydrogen (secondary N) is 1. The summed E-state index contributed by atoms with van der Waals surface area (Å²) in [7, 11) is -3.82. The van der Waals surface area contributed by atoms with Crippen molar-refractivity contribution in [3.8, 4) is 0 Å². The lowest BCUT2D eigenvalue weighted by Crippen LogP contribution is -2.36. The van der Waals surface area contributed by atoms with Gasteiger partial charge in [-0.25, -0.2) is 13.1 Å². The standard InChI is InChI=1S/C24H22N2O2S/c25-23(19-11-3-1-4-12-19)24(20-13-5-2-6-14-20)26-29(27,28)22-17-9-15-18-10-7-8-16-21(18)22/h1-17,23-24,26H,25H2. The number of benzene rings is 4. The third-order valence-corrected chi connectivity index (χ3v) is 6.52. The van der Waals surface area contributed by atoms with Crippen molar-refractivity contribution < 1.29 is 8.42 Å². The van der Waals surface area contributed by atoms with Gasteiger partial charge >= 0.3 is 0 Å². The first-order chi connectivity index (χ1) is 14.1. The van der Waals surface area contributed by atoms with Crippen LogP contribution in [0.2, 0.25) is 0 Å². The topological polar surface area (TPSA) is 72.2 Å². The molecule has 0 saturated heterocycles. The highest BCUT2D eigenvalue weighted by Crippen LogP contribution is 2.30. The molecule has 0 radical (unpaired) electrons. The van der Waals surface area contributed by atoms with E-state index >= 15 is 0 Å². The second kappa shape index (κ2) is 8.17. The van der Waals surface area contributed by atoms with Crippen molar-refractivity contribution >= 4 is 20.8 Å². The molecule has 0 aromatic heterocycles. The van der Waals surface area contributed by atoms with Crippen LogP contribution in [0.15, 0.2) is 108 Å². The maximum absolute atomic E-state index is 13.4. The highest BCUT2D eigenvalue weighted by atomic mass is 32.2. The quantitative estimate of drug-likeness (QED) is 0.497. The molecule has 29 heavy (non-hydrogen) atoms. The molecule has 0 spiro atoms. The zero-order valence-corrected chi connectivity index (χ0v) is 16.6. The lowest BCUT2D eigenvalue weighted by atomic mass is 9.95. The van der Waals surface area contributed by atoms with Gasteiger partial charge < -0.3 is 5.73 Å². The maximum atomic E-state index is 13.4. The molecule has 3 N–H and O–H groups in total. The van der Waals surface area contributed by atoms with Crippen LogP contribution in [-0.4, -0.2) is 8.42 Å². The second-order valence-corrected chi connectivity index (χ2v) is 8.61. The van der Waals surface area contributed by atoms with E-state index in [2.05, 4.69) is 4.72 Å². The fourth-order valence-corrected chi connectivity index (χ4v) is 5.01. The Hall–Kier alpha value is -2.99. The molecule has 146 valence electrons. The largest absolute Gasteiger partial charge is 0.322 e. The number of hydrogen-bond acceptors (Lipinski definition) is 3. The second-order valence-electron chi connectivity index (χ2n) is 6.92. The fourth-order valence-electron chi connectivity index (χ4n) is 3.54. The lowest BCUT2D eigenvalue weighted by Gasteiger charge is -2.26. The van der Waals surface area contributed by atoms with E-state index < -0.39 is 22.1 Å². The number of sulfonamides is 1. The van der Waals surface area contributed by atoms with Gasteiger partial charge in [0.25, 0.3) is 0 Å². The van der Waals surface area contributed by atoms with Crippen molar-refractivity contribution in [3.05, 3.63) is 114 Å². The summed E-state index contributed by atoms with van der Waals surface area (Å²) in [5, 5.41) is 1.56. The Kier molecular flexibility index (Phi) is 5.45. The summed E-state index contributed by atoms with van der Waals surface area (Å²) in [6, 6.07) is 30.6. The minimum Gasteiger partial charge on any atom is -0.322 e. The van der Waals surface area contributed by atoms with E-state index in [1.54, 1.807) is 12.1 Å². The number of rotatable bonds is 6. The van der Waals surface area contributed by atoms with E-state index in [1.807, 2.05) is 91.0 Å². The van der Waals surface area contributed by atoms with Gasteiger partial charge in [0.15, 0.2) is 0 Å². The Morgan fingerprint density at radius 2 is 1.21 bits per heavy atom. The molecular weight excluding hydrogens is 380 g/mol. The van der Waals surface area contributed by atoms with Crippen molar-refractivity contribution in [1.82, 2.24) is 4.72 Å². The highest BCUT2D eigenvalue weighted by molar-refractivity contribution is 7.89. The van der Waals surface area contributed by atoms with Crippen LogP contribution in [0.1, 0.15) is 23.2 Å². The molecule has 0 fully saturated rings. The minimum absolute atomic E-state index is 0.247. The Labute approximate surface area is 171 Å². The Balaban J connectivity index is 1.77. The van der Waals surface area contributed by atoms with Crippen LogP contribution in [0.25, 0.3) is 10.8 Å². The number of nitrogens with two attached hydrogens (primary N) is 1. The molecule has 4 aromatic rings. The molecule has 0 amide bonds. The predicted octanol–water partition coefficient (Wildman–Crippen LogP) is 4.56. The summed E-state index contributed by atoms with van der Waals surface area (Å²) in [4.78, 5) is 0.247. The molecule has 0 bridgehead atoms. The molecule has 2 atom stereocenters. The Bertz CT molecular complexity index is 1200. The summed E-state index contributed by atoms with van der Waals surface area (Å²) in [5.41, 5.74) is 8.22. The van der Waals surface area contributed by atoms with Gasteiger partial charge in [0.05, 0.1) is 17.0 Å². The zero-order chi connectivity index (χ0) is 20.3. The lowest BCUT2D eigenvalue weighted by molar-refractivity contribution is 0.504. The third kappa shape index (κ3) is 4.07.